The minimum atomic E-state index is -0.522. The number of nitrogens with one attached hydrogen (secondary N) is 1. The molecule has 2 aromatic carbocycles. The highest BCUT2D eigenvalue weighted by molar-refractivity contribution is 8.19. The van der Waals surface area contributed by atoms with E-state index in [1.165, 1.54) is 18.2 Å². The predicted octanol–water partition coefficient (Wildman–Crippen LogP) is 4.98. The number of para-hydroxylation sites is 1. The number of hydrogen-bond acceptors (Lipinski definition) is 4. The number of amides is 1. The van der Waals surface area contributed by atoms with E-state index in [0.717, 1.165) is 22.8 Å². The number of carbonyl (C=O) groups excluding carboxylic acids is 1. The average Bonchev–Trinajstić information content (AvgIpc) is 3.11. The molecule has 2 aromatic rings. The number of benzene rings is 2. The fraction of sp³-hybridized carbons (Fsp3) is 0.235. The normalized spacial score (nSPS) is 14.6. The van der Waals surface area contributed by atoms with Crippen LogP contribution in [0.2, 0.25) is 5.02 Å². The first kappa shape index (κ1) is 17.5. The molecule has 0 spiro atoms. The molecule has 1 aliphatic heterocycles. The average molecular weight is 384 g/mol. The van der Waals surface area contributed by atoms with Crippen LogP contribution in [-0.2, 0) is 4.79 Å². The second kappa shape index (κ2) is 8.14. The Hall–Kier alpha value is -1.37. The van der Waals surface area contributed by atoms with Crippen molar-refractivity contribution in [2.75, 3.05) is 23.4 Å². The van der Waals surface area contributed by atoms with Gasteiger partial charge >= 0.3 is 0 Å². The molecule has 1 heterocycles. The first-order chi connectivity index (χ1) is 11.6. The maximum absolute atomic E-state index is 13.1. The van der Waals surface area contributed by atoms with Gasteiger partial charge in [0.05, 0.1) is 9.60 Å². The topological polar surface area (TPSA) is 38.3 Å². The molecule has 3 rings (SSSR count). The molecule has 3 nitrogen and oxygen atoms in total. The zero-order chi connectivity index (χ0) is 16.9. The Morgan fingerprint density at radius 2 is 2.00 bits per heavy atom. The van der Waals surface area contributed by atoms with Crippen molar-refractivity contribution in [1.82, 2.24) is 0 Å². The highest BCUT2D eigenvalue weighted by Gasteiger charge is 2.21. The molecule has 0 atom stereocenters. The van der Waals surface area contributed by atoms with Crippen LogP contribution in [0.25, 0.3) is 0 Å². The molecule has 0 unspecified atom stereocenters. The number of thioether (sulfide) groups is 2. The summed E-state index contributed by atoms with van der Waals surface area (Å²) in [6.07, 6.45) is 0. The largest absolute Gasteiger partial charge is 0.483 e. The third-order valence-corrected chi connectivity index (χ3v) is 6.71. The summed E-state index contributed by atoms with van der Waals surface area (Å²) in [6.45, 7) is -0.117. The third-order valence-electron chi connectivity index (χ3n) is 3.36. The standard InChI is InChI=1S/C17H15ClFNO2S2/c18-13-9-11(5-6-14(13)19)20-16(21)10-22-15-4-2-1-3-12(15)17-23-7-8-24-17/h1-6,9,17H,7-8,10H2,(H,20,21). The van der Waals surface area contributed by atoms with E-state index in [1.807, 2.05) is 47.8 Å². The van der Waals surface area contributed by atoms with Gasteiger partial charge in [-0.3, -0.25) is 4.79 Å². The van der Waals surface area contributed by atoms with Crippen molar-refractivity contribution < 1.29 is 13.9 Å². The van der Waals surface area contributed by atoms with Gasteiger partial charge in [-0.05, 0) is 24.3 Å². The minimum absolute atomic E-state index is 0.0330. The quantitative estimate of drug-likeness (QED) is 0.790. The molecule has 1 fully saturated rings. The Kier molecular flexibility index (Phi) is 5.92. The van der Waals surface area contributed by atoms with Crippen molar-refractivity contribution in [3.8, 4) is 5.75 Å². The van der Waals surface area contributed by atoms with Crippen molar-refractivity contribution in [3.63, 3.8) is 0 Å². The SMILES string of the molecule is O=C(COc1ccccc1C1SCCS1)Nc1ccc(F)c(Cl)c1. The number of ether oxygens (including phenoxy) is 1. The van der Waals surface area contributed by atoms with E-state index < -0.39 is 5.82 Å². The summed E-state index contributed by atoms with van der Waals surface area (Å²) >= 11 is 9.46. The predicted molar refractivity (Wildman–Crippen MR) is 99.6 cm³/mol. The monoisotopic (exact) mass is 383 g/mol. The molecule has 7 heteroatoms. The molecular weight excluding hydrogens is 369 g/mol. The van der Waals surface area contributed by atoms with Crippen LogP contribution < -0.4 is 10.1 Å². The van der Waals surface area contributed by atoms with Gasteiger partial charge in [-0.1, -0.05) is 29.8 Å². The van der Waals surface area contributed by atoms with Crippen LogP contribution >= 0.6 is 35.1 Å². The number of anilines is 1. The van der Waals surface area contributed by atoms with E-state index in [-0.39, 0.29) is 17.5 Å². The van der Waals surface area contributed by atoms with Gasteiger partial charge in [0.2, 0.25) is 0 Å². The first-order valence-electron chi connectivity index (χ1n) is 7.33. The van der Waals surface area contributed by atoms with Crippen LogP contribution in [0.4, 0.5) is 10.1 Å². The summed E-state index contributed by atoms with van der Waals surface area (Å²) in [5.41, 5.74) is 1.54. The molecular formula is C17H15ClFNO2S2. The van der Waals surface area contributed by atoms with E-state index in [0.29, 0.717) is 10.3 Å². The van der Waals surface area contributed by atoms with Gasteiger partial charge in [0.1, 0.15) is 11.6 Å². The van der Waals surface area contributed by atoms with E-state index in [2.05, 4.69) is 5.32 Å². The van der Waals surface area contributed by atoms with Gasteiger partial charge in [-0.15, -0.1) is 23.5 Å². The third kappa shape index (κ3) is 4.37. The first-order valence-corrected chi connectivity index (χ1v) is 9.81. The number of carbonyl (C=O) groups is 1. The van der Waals surface area contributed by atoms with E-state index in [9.17, 15) is 9.18 Å². The Labute approximate surface area is 153 Å². The number of halogens is 2. The summed E-state index contributed by atoms with van der Waals surface area (Å²) in [7, 11) is 0. The minimum Gasteiger partial charge on any atom is -0.483 e. The zero-order valence-electron chi connectivity index (χ0n) is 12.6. The molecule has 0 saturated carbocycles. The van der Waals surface area contributed by atoms with E-state index >= 15 is 0 Å². The summed E-state index contributed by atoms with van der Waals surface area (Å²) < 4.78 is 19.2. The van der Waals surface area contributed by atoms with Gasteiger partial charge in [-0.25, -0.2) is 4.39 Å². The Morgan fingerprint density at radius 1 is 1.25 bits per heavy atom. The van der Waals surface area contributed by atoms with Crippen molar-refractivity contribution in [3.05, 3.63) is 58.9 Å². The Bertz CT molecular complexity index is 738. The van der Waals surface area contributed by atoms with Crippen molar-refractivity contribution in [1.29, 1.82) is 0 Å². The van der Waals surface area contributed by atoms with Gasteiger partial charge in [0, 0.05) is 22.8 Å². The second-order valence-corrected chi connectivity index (χ2v) is 8.21. The Morgan fingerprint density at radius 3 is 2.75 bits per heavy atom. The highest BCUT2D eigenvalue weighted by Crippen LogP contribution is 2.48. The van der Waals surface area contributed by atoms with Crippen molar-refractivity contribution in [2.45, 2.75) is 4.58 Å². The van der Waals surface area contributed by atoms with Crippen LogP contribution in [0.5, 0.6) is 5.75 Å². The van der Waals surface area contributed by atoms with Gasteiger partial charge in [-0.2, -0.15) is 0 Å². The molecule has 1 saturated heterocycles. The Balaban J connectivity index is 1.61. The molecule has 0 radical (unpaired) electrons. The fourth-order valence-corrected chi connectivity index (χ4v) is 5.35. The maximum atomic E-state index is 13.1. The highest BCUT2D eigenvalue weighted by atomic mass is 35.5. The smallest absolute Gasteiger partial charge is 0.262 e. The molecule has 0 aliphatic carbocycles. The van der Waals surface area contributed by atoms with E-state index in [1.54, 1.807) is 0 Å². The van der Waals surface area contributed by atoms with Crippen LogP contribution in [0.15, 0.2) is 42.5 Å². The lowest BCUT2D eigenvalue weighted by molar-refractivity contribution is -0.118. The fourth-order valence-electron chi connectivity index (χ4n) is 2.26. The molecule has 1 N–H and O–H groups in total. The summed E-state index contributed by atoms with van der Waals surface area (Å²) in [4.78, 5) is 12.0. The summed E-state index contributed by atoms with van der Waals surface area (Å²) in [5.74, 6) is 2.12. The molecule has 1 aliphatic rings. The zero-order valence-corrected chi connectivity index (χ0v) is 15.0. The summed E-state index contributed by atoms with van der Waals surface area (Å²) in [5, 5.41) is 2.61. The van der Waals surface area contributed by atoms with Crippen molar-refractivity contribution in [2.24, 2.45) is 0 Å². The molecule has 0 bridgehead atoms. The lowest BCUT2D eigenvalue weighted by Gasteiger charge is -2.15. The van der Waals surface area contributed by atoms with E-state index in [4.69, 9.17) is 16.3 Å². The summed E-state index contributed by atoms with van der Waals surface area (Å²) in [6, 6.07) is 11.8. The van der Waals surface area contributed by atoms with Crippen molar-refractivity contribution >= 4 is 46.7 Å². The second-order valence-electron chi connectivity index (χ2n) is 5.08. The molecule has 126 valence electrons. The molecule has 0 aromatic heterocycles. The van der Waals surface area contributed by atoms with Crippen LogP contribution in [0.1, 0.15) is 10.1 Å². The molecule has 24 heavy (non-hydrogen) atoms. The lowest BCUT2D eigenvalue weighted by atomic mass is 10.2. The van der Waals surface area contributed by atoms with Crippen LogP contribution in [-0.4, -0.2) is 24.0 Å². The van der Waals surface area contributed by atoms with Gasteiger partial charge in [0.25, 0.3) is 5.91 Å². The van der Waals surface area contributed by atoms with Gasteiger partial charge < -0.3 is 10.1 Å². The number of rotatable bonds is 5. The van der Waals surface area contributed by atoms with Crippen LogP contribution in [0.3, 0.4) is 0 Å². The van der Waals surface area contributed by atoms with Crippen LogP contribution in [0, 0.1) is 5.82 Å². The maximum Gasteiger partial charge on any atom is 0.262 e. The van der Waals surface area contributed by atoms with Gasteiger partial charge in [0.15, 0.2) is 6.61 Å². The number of hydrogen-bond donors (Lipinski definition) is 1. The lowest BCUT2D eigenvalue weighted by Crippen LogP contribution is -2.20. The molecule has 1 amide bonds.